The van der Waals surface area contributed by atoms with E-state index in [1.807, 2.05) is 108 Å². The molecule has 0 aliphatic carbocycles. The molecular weight excluding hydrogens is 648 g/mol. The molecule has 0 bridgehead atoms. The van der Waals surface area contributed by atoms with Crippen molar-refractivity contribution in [2.24, 2.45) is 10.8 Å². The maximum Gasteiger partial charge on any atom is 0.407 e. The van der Waals surface area contributed by atoms with E-state index in [1.165, 1.54) is 14.2 Å². The van der Waals surface area contributed by atoms with Crippen LogP contribution in [-0.2, 0) is 32.1 Å². The molecule has 0 unspecified atom stereocenters. The van der Waals surface area contributed by atoms with Gasteiger partial charge in [-0.3, -0.25) is 24.8 Å². The summed E-state index contributed by atoms with van der Waals surface area (Å²) in [6.07, 6.45) is 3.06. The molecule has 2 aromatic carbocycles. The van der Waals surface area contributed by atoms with Gasteiger partial charge < -0.3 is 25.8 Å². The van der Waals surface area contributed by atoms with Crippen LogP contribution in [0.25, 0.3) is 11.1 Å². The van der Waals surface area contributed by atoms with Crippen LogP contribution in [0.4, 0.5) is 4.79 Å². The lowest BCUT2D eigenvalue weighted by Crippen LogP contribution is -2.59. The SMILES string of the molecule is CNC(=O)[C@@H](NC(=O)[C@@](O)(CCCN(Cc1ccc(-c2ccncc2)cc1)NC(=O)[C@@H](NC(=O)OC)C(C)(C)C)Cc1ccccc1)C(C)(C)C. The van der Waals surface area contributed by atoms with Crippen LogP contribution in [0, 0.1) is 10.8 Å². The molecule has 1 heterocycles. The molecule has 4 amide bonds. The van der Waals surface area contributed by atoms with Crippen LogP contribution in [-0.4, -0.2) is 77.3 Å². The van der Waals surface area contributed by atoms with E-state index in [-0.39, 0.29) is 31.7 Å². The van der Waals surface area contributed by atoms with Crippen molar-refractivity contribution in [1.82, 2.24) is 31.4 Å². The van der Waals surface area contributed by atoms with Crippen molar-refractivity contribution in [3.63, 3.8) is 0 Å². The van der Waals surface area contributed by atoms with Crippen molar-refractivity contribution < 1.29 is 29.0 Å². The summed E-state index contributed by atoms with van der Waals surface area (Å²) in [5, 5.41) is 21.8. The molecule has 51 heavy (non-hydrogen) atoms. The Kier molecular flexibility index (Phi) is 14.3. The van der Waals surface area contributed by atoms with Crippen molar-refractivity contribution >= 4 is 23.8 Å². The fraction of sp³-hybridized carbons (Fsp3) is 0.462. The first kappa shape index (κ1) is 40.6. The first-order chi connectivity index (χ1) is 24.0. The minimum absolute atomic E-state index is 0.0161. The summed E-state index contributed by atoms with van der Waals surface area (Å²) < 4.78 is 4.78. The largest absolute Gasteiger partial charge is 0.453 e. The van der Waals surface area contributed by atoms with Gasteiger partial charge in [0.15, 0.2) is 0 Å². The number of aliphatic hydroxyl groups is 1. The summed E-state index contributed by atoms with van der Waals surface area (Å²) in [5.74, 6) is -1.47. The summed E-state index contributed by atoms with van der Waals surface area (Å²) in [4.78, 5) is 56.6. The third kappa shape index (κ3) is 12.2. The van der Waals surface area contributed by atoms with Gasteiger partial charge in [-0.15, -0.1) is 0 Å². The van der Waals surface area contributed by atoms with E-state index in [0.29, 0.717) is 6.54 Å². The van der Waals surface area contributed by atoms with Crippen LogP contribution in [0.15, 0.2) is 79.1 Å². The molecule has 0 saturated heterocycles. The number of carbonyl (C=O) groups excluding carboxylic acids is 4. The van der Waals surface area contributed by atoms with Crippen molar-refractivity contribution in [3.8, 4) is 11.1 Å². The molecule has 1 aromatic heterocycles. The maximum atomic E-state index is 13.9. The van der Waals surface area contributed by atoms with Gasteiger partial charge in [-0.25, -0.2) is 9.80 Å². The van der Waals surface area contributed by atoms with E-state index < -0.39 is 46.4 Å². The van der Waals surface area contributed by atoms with Gasteiger partial charge in [0.05, 0.1) is 7.11 Å². The number of carbonyl (C=O) groups is 4. The topological polar surface area (TPSA) is 162 Å². The Morgan fingerprint density at radius 1 is 0.784 bits per heavy atom. The number of hydrogen-bond donors (Lipinski definition) is 5. The van der Waals surface area contributed by atoms with Gasteiger partial charge in [-0.2, -0.15) is 0 Å². The molecule has 12 heteroatoms. The van der Waals surface area contributed by atoms with Crippen molar-refractivity contribution in [3.05, 3.63) is 90.3 Å². The highest BCUT2D eigenvalue weighted by Gasteiger charge is 2.41. The number of aromatic nitrogens is 1. The Bertz CT molecular complexity index is 1590. The number of amides is 4. The predicted molar refractivity (Wildman–Crippen MR) is 197 cm³/mol. The van der Waals surface area contributed by atoms with E-state index in [1.54, 1.807) is 17.4 Å². The number of likely N-dealkylation sites (N-methyl/N-ethyl adjacent to an activating group) is 1. The second kappa shape index (κ2) is 17.9. The van der Waals surface area contributed by atoms with Gasteiger partial charge in [0, 0.05) is 39.0 Å². The number of hydrazine groups is 1. The molecule has 0 aliphatic heterocycles. The lowest BCUT2D eigenvalue weighted by Gasteiger charge is -2.35. The van der Waals surface area contributed by atoms with Crippen LogP contribution in [0.2, 0.25) is 0 Å². The molecule has 0 radical (unpaired) electrons. The summed E-state index contributed by atoms with van der Waals surface area (Å²) in [6, 6.07) is 19.1. The number of rotatable bonds is 15. The zero-order valence-electron chi connectivity index (χ0n) is 31.1. The number of nitrogens with one attached hydrogen (secondary N) is 4. The van der Waals surface area contributed by atoms with E-state index in [4.69, 9.17) is 4.74 Å². The molecule has 0 spiro atoms. The average Bonchev–Trinajstić information content (AvgIpc) is 3.08. The number of nitrogens with zero attached hydrogens (tertiary/aromatic N) is 2. The zero-order valence-corrected chi connectivity index (χ0v) is 31.1. The van der Waals surface area contributed by atoms with Gasteiger partial charge in [-0.1, -0.05) is 96.1 Å². The number of ether oxygens (including phenoxy) is 1. The summed E-state index contributed by atoms with van der Waals surface area (Å²) in [6.45, 7) is 11.6. The van der Waals surface area contributed by atoms with Crippen molar-refractivity contribution in [2.45, 2.75) is 85.0 Å². The molecule has 5 N–H and O–H groups in total. The molecule has 3 rings (SSSR count). The molecule has 0 fully saturated rings. The predicted octanol–water partition coefficient (Wildman–Crippen LogP) is 4.38. The van der Waals surface area contributed by atoms with E-state index >= 15 is 0 Å². The van der Waals surface area contributed by atoms with Gasteiger partial charge >= 0.3 is 6.09 Å². The van der Waals surface area contributed by atoms with Crippen molar-refractivity contribution in [1.29, 1.82) is 0 Å². The van der Waals surface area contributed by atoms with Gasteiger partial charge in [0.2, 0.25) is 5.91 Å². The molecule has 0 aliphatic rings. The average molecular weight is 703 g/mol. The molecule has 0 saturated carbocycles. The van der Waals surface area contributed by atoms with Crippen LogP contribution in [0.1, 0.15) is 65.5 Å². The molecule has 12 nitrogen and oxygen atoms in total. The quantitative estimate of drug-likeness (QED) is 0.146. The molecule has 3 atom stereocenters. The van der Waals surface area contributed by atoms with Crippen LogP contribution < -0.4 is 21.4 Å². The summed E-state index contributed by atoms with van der Waals surface area (Å²) in [5.41, 5.74) is 3.50. The number of benzene rings is 2. The zero-order chi connectivity index (χ0) is 37.8. The highest BCUT2D eigenvalue weighted by atomic mass is 16.5. The fourth-order valence-corrected chi connectivity index (χ4v) is 5.68. The lowest BCUT2D eigenvalue weighted by atomic mass is 9.84. The van der Waals surface area contributed by atoms with Crippen molar-refractivity contribution in [2.75, 3.05) is 20.7 Å². The fourth-order valence-electron chi connectivity index (χ4n) is 5.68. The van der Waals surface area contributed by atoms with Gasteiger partial charge in [0.1, 0.15) is 17.7 Å². The van der Waals surface area contributed by atoms with E-state index in [9.17, 15) is 24.3 Å². The van der Waals surface area contributed by atoms with E-state index in [2.05, 4.69) is 26.4 Å². The third-order valence-corrected chi connectivity index (χ3v) is 8.62. The number of pyridine rings is 1. The Labute approximate surface area is 301 Å². The smallest absolute Gasteiger partial charge is 0.407 e. The van der Waals surface area contributed by atoms with Crippen LogP contribution >= 0.6 is 0 Å². The van der Waals surface area contributed by atoms with Crippen LogP contribution in [0.3, 0.4) is 0 Å². The molecule has 276 valence electrons. The standard InChI is InChI=1S/C39H54N6O6/c1-37(2,3)31(33(46)40-7)42-35(48)39(50,25-27-13-10-9-11-14-27)21-12-24-45(44-34(47)32(38(4,5)6)43-36(49)51-8)26-28-15-17-29(18-16-28)30-19-22-41-23-20-30/h9-11,13-20,22-23,31-32,50H,12,21,24-26H2,1-8H3,(H,40,46)(H,42,48)(H,43,49)(H,44,47)/t31-,32-,39-/m1/s1. The Morgan fingerprint density at radius 2 is 1.35 bits per heavy atom. The lowest BCUT2D eigenvalue weighted by molar-refractivity contribution is -0.145. The molecular formula is C39H54N6O6. The number of methoxy groups -OCH3 is 1. The highest BCUT2D eigenvalue weighted by Crippen LogP contribution is 2.26. The highest BCUT2D eigenvalue weighted by molar-refractivity contribution is 5.92. The Balaban J connectivity index is 1.89. The first-order valence-electron chi connectivity index (χ1n) is 17.1. The van der Waals surface area contributed by atoms with Gasteiger partial charge in [-0.05, 0) is 58.1 Å². The minimum Gasteiger partial charge on any atom is -0.453 e. The monoisotopic (exact) mass is 702 g/mol. The maximum absolute atomic E-state index is 13.9. The minimum atomic E-state index is -1.87. The summed E-state index contributed by atoms with van der Waals surface area (Å²) in [7, 11) is 2.74. The second-order valence-electron chi connectivity index (χ2n) is 14.9. The van der Waals surface area contributed by atoms with E-state index in [0.717, 1.165) is 22.3 Å². The summed E-state index contributed by atoms with van der Waals surface area (Å²) >= 11 is 0. The Morgan fingerprint density at radius 3 is 1.90 bits per heavy atom. The third-order valence-electron chi connectivity index (χ3n) is 8.62. The van der Waals surface area contributed by atoms with Crippen LogP contribution in [0.5, 0.6) is 0 Å². The first-order valence-corrected chi connectivity index (χ1v) is 17.1. The van der Waals surface area contributed by atoms with Gasteiger partial charge in [0.25, 0.3) is 11.8 Å². The Hall–Kier alpha value is -4.81. The molecule has 3 aromatic rings. The second-order valence-corrected chi connectivity index (χ2v) is 14.9. The number of hydrogen-bond acceptors (Lipinski definition) is 8. The number of alkyl carbamates (subject to hydrolysis) is 1. The normalized spacial score (nSPS) is 14.1.